The number of methoxy groups -OCH3 is 1. The Morgan fingerprint density at radius 1 is 0.882 bits per heavy atom. The minimum Gasteiger partial charge on any atom is -0.496 e. The number of benzene rings is 3. The van der Waals surface area contributed by atoms with Gasteiger partial charge in [0.05, 0.1) is 37.7 Å². The van der Waals surface area contributed by atoms with Crippen LogP contribution in [-0.4, -0.2) is 85.0 Å². The van der Waals surface area contributed by atoms with Crippen LogP contribution >= 0.6 is 0 Å². The molecular formula is C39H50N8O4. The van der Waals surface area contributed by atoms with Crippen LogP contribution in [0, 0.1) is 0 Å². The Labute approximate surface area is 301 Å². The van der Waals surface area contributed by atoms with Crippen molar-refractivity contribution in [3.63, 3.8) is 0 Å². The van der Waals surface area contributed by atoms with Gasteiger partial charge in [0.2, 0.25) is 5.79 Å². The molecule has 1 aromatic heterocycles. The normalized spacial score (nSPS) is 20.7. The molecule has 3 aliphatic rings. The quantitative estimate of drug-likeness (QED) is 0.168. The summed E-state index contributed by atoms with van der Waals surface area (Å²) in [5.41, 5.74) is 4.26. The maximum Gasteiger partial charge on any atom is 0.221 e. The predicted molar refractivity (Wildman–Crippen MR) is 201 cm³/mol. The van der Waals surface area contributed by atoms with E-state index in [-0.39, 0.29) is 12.6 Å². The molecule has 3 atom stereocenters. The van der Waals surface area contributed by atoms with Crippen LogP contribution in [0.4, 0.5) is 17.1 Å². The first-order chi connectivity index (χ1) is 25.0. The molecule has 4 aromatic rings. The first-order valence-electron chi connectivity index (χ1n) is 17.9. The standard InChI is InChI=1S/C37H44N8O4.C2H6/c1-5-28(2)45-29(3)43(27-40-45)32-12-10-30(11-13-32)41-20-22-42(23-21-41)31-14-16-33(17-15-31)47-24-34-25-48-37(49-34,26-44-38-18-19-39-44)35-8-6-7-9-36(35)46-4;1-2/h6-19,27-28,34H,3,5,20-26H2,1-2,4H3;1-2H3. The van der Waals surface area contributed by atoms with Gasteiger partial charge >= 0.3 is 0 Å². The van der Waals surface area contributed by atoms with Crippen molar-refractivity contribution in [2.75, 3.05) is 61.2 Å². The number of piperazine rings is 1. The lowest BCUT2D eigenvalue weighted by molar-refractivity contribution is -0.193. The van der Waals surface area contributed by atoms with Gasteiger partial charge in [0, 0.05) is 43.2 Å². The fraction of sp³-hybridized carbons (Fsp3) is 0.410. The topological polar surface area (TPSA) is 93.0 Å². The molecule has 0 N–H and O–H groups in total. The zero-order valence-electron chi connectivity index (χ0n) is 30.4. The van der Waals surface area contributed by atoms with Gasteiger partial charge in [-0.25, -0.2) is 5.01 Å². The Morgan fingerprint density at radius 3 is 2.12 bits per heavy atom. The molecule has 0 amide bonds. The van der Waals surface area contributed by atoms with Crippen molar-refractivity contribution in [1.29, 1.82) is 0 Å². The molecule has 2 fully saturated rings. The summed E-state index contributed by atoms with van der Waals surface area (Å²) in [6.07, 6.45) is 5.85. The molecule has 3 aliphatic heterocycles. The van der Waals surface area contributed by atoms with E-state index in [2.05, 4.69) is 81.9 Å². The summed E-state index contributed by atoms with van der Waals surface area (Å²) in [6.45, 7) is 17.3. The summed E-state index contributed by atoms with van der Waals surface area (Å²) in [5, 5.41) is 15.1. The van der Waals surface area contributed by atoms with Crippen LogP contribution in [0.15, 0.2) is 103 Å². The third kappa shape index (κ3) is 7.82. The van der Waals surface area contributed by atoms with Gasteiger partial charge in [-0.1, -0.05) is 39.5 Å². The minimum absolute atomic E-state index is 0.283. The van der Waals surface area contributed by atoms with Gasteiger partial charge in [-0.3, -0.25) is 4.90 Å². The fourth-order valence-corrected chi connectivity index (χ4v) is 6.52. The van der Waals surface area contributed by atoms with E-state index in [1.807, 2.05) is 66.5 Å². The molecule has 7 rings (SSSR count). The Kier molecular flexibility index (Phi) is 11.4. The second-order valence-electron chi connectivity index (χ2n) is 12.5. The van der Waals surface area contributed by atoms with Crippen molar-refractivity contribution in [2.24, 2.45) is 5.10 Å². The molecule has 2 saturated heterocycles. The highest BCUT2D eigenvalue weighted by molar-refractivity contribution is 5.85. The van der Waals surface area contributed by atoms with E-state index in [0.29, 0.717) is 25.0 Å². The number of hydrogen-bond acceptors (Lipinski definition) is 11. The van der Waals surface area contributed by atoms with E-state index >= 15 is 0 Å². The van der Waals surface area contributed by atoms with E-state index in [1.54, 1.807) is 24.3 Å². The number of aromatic nitrogens is 3. The Hall–Kier alpha value is -5.07. The number of para-hydroxylation sites is 1. The number of rotatable bonds is 12. The number of nitrogens with zero attached hydrogens (tertiary/aromatic N) is 8. The highest BCUT2D eigenvalue weighted by Gasteiger charge is 2.46. The van der Waals surface area contributed by atoms with E-state index in [1.165, 1.54) is 11.4 Å². The van der Waals surface area contributed by atoms with E-state index < -0.39 is 5.79 Å². The molecule has 0 saturated carbocycles. The molecule has 51 heavy (non-hydrogen) atoms. The Morgan fingerprint density at radius 2 is 1.49 bits per heavy atom. The number of hydrazone groups is 1. The van der Waals surface area contributed by atoms with Gasteiger partial charge in [0.1, 0.15) is 42.9 Å². The van der Waals surface area contributed by atoms with E-state index in [4.69, 9.17) is 18.9 Å². The second-order valence-corrected chi connectivity index (χ2v) is 12.5. The zero-order chi connectivity index (χ0) is 35.8. The van der Waals surface area contributed by atoms with Gasteiger partial charge in [-0.15, -0.1) is 0 Å². The maximum absolute atomic E-state index is 6.54. The van der Waals surface area contributed by atoms with Crippen molar-refractivity contribution in [1.82, 2.24) is 20.0 Å². The average Bonchev–Trinajstić information content (AvgIpc) is 3.96. The molecule has 270 valence electrons. The number of anilines is 3. The molecular weight excluding hydrogens is 644 g/mol. The molecule has 12 heteroatoms. The lowest BCUT2D eigenvalue weighted by Gasteiger charge is -2.37. The summed E-state index contributed by atoms with van der Waals surface area (Å²) in [5.74, 6) is 1.25. The van der Waals surface area contributed by atoms with E-state index in [0.717, 1.165) is 55.4 Å². The average molecular weight is 695 g/mol. The SMILES string of the molecule is C=C1N(c2ccc(N3CCN(c4ccc(OCC5COC(Cn6nccn6)(c6ccccc6OC)O5)cc4)CC3)cc2)C=NN1C(C)CC.CC. The molecule has 3 unspecified atom stereocenters. The summed E-state index contributed by atoms with van der Waals surface area (Å²) >= 11 is 0. The third-order valence-electron chi connectivity index (χ3n) is 9.45. The van der Waals surface area contributed by atoms with Crippen molar-refractivity contribution in [3.05, 3.63) is 103 Å². The first kappa shape index (κ1) is 35.7. The van der Waals surface area contributed by atoms with Gasteiger partial charge in [-0.2, -0.15) is 20.1 Å². The maximum atomic E-state index is 6.54. The monoisotopic (exact) mass is 694 g/mol. The molecule has 0 radical (unpaired) electrons. The van der Waals surface area contributed by atoms with Gasteiger partial charge in [-0.05, 0) is 74.0 Å². The first-order valence-corrected chi connectivity index (χ1v) is 17.9. The molecule has 3 aromatic carbocycles. The van der Waals surface area contributed by atoms with Crippen LogP contribution in [-0.2, 0) is 21.8 Å². The zero-order valence-corrected chi connectivity index (χ0v) is 30.4. The predicted octanol–water partition coefficient (Wildman–Crippen LogP) is 6.32. The molecule has 0 bridgehead atoms. The van der Waals surface area contributed by atoms with Gasteiger partial charge in [0.25, 0.3) is 0 Å². The number of ether oxygens (including phenoxy) is 4. The fourth-order valence-electron chi connectivity index (χ4n) is 6.52. The Balaban J connectivity index is 0.00000220. The van der Waals surface area contributed by atoms with Crippen molar-refractivity contribution < 1.29 is 18.9 Å². The van der Waals surface area contributed by atoms with E-state index in [9.17, 15) is 0 Å². The highest BCUT2D eigenvalue weighted by Crippen LogP contribution is 2.40. The van der Waals surface area contributed by atoms with Crippen LogP contribution in [0.2, 0.25) is 0 Å². The largest absolute Gasteiger partial charge is 0.496 e. The van der Waals surface area contributed by atoms with Crippen LogP contribution in [0.5, 0.6) is 11.5 Å². The lowest BCUT2D eigenvalue weighted by atomic mass is 10.0. The van der Waals surface area contributed by atoms with Crippen molar-refractivity contribution >= 4 is 23.4 Å². The Bertz CT molecular complexity index is 1720. The van der Waals surface area contributed by atoms with Crippen LogP contribution in [0.3, 0.4) is 0 Å². The highest BCUT2D eigenvalue weighted by atomic mass is 16.8. The summed E-state index contributed by atoms with van der Waals surface area (Å²) < 4.78 is 24.7. The minimum atomic E-state index is -1.10. The van der Waals surface area contributed by atoms with Gasteiger partial charge < -0.3 is 28.7 Å². The number of hydrogen-bond donors (Lipinski definition) is 0. The third-order valence-corrected chi connectivity index (χ3v) is 9.45. The molecule has 0 aliphatic carbocycles. The van der Waals surface area contributed by atoms with Crippen LogP contribution in [0.1, 0.15) is 39.7 Å². The summed E-state index contributed by atoms with van der Waals surface area (Å²) in [7, 11) is 1.64. The molecule has 0 spiro atoms. The van der Waals surface area contributed by atoms with Crippen LogP contribution in [0.25, 0.3) is 0 Å². The van der Waals surface area contributed by atoms with Gasteiger partial charge in [0.15, 0.2) is 0 Å². The second kappa shape index (κ2) is 16.3. The lowest BCUT2D eigenvalue weighted by Crippen LogP contribution is -2.46. The van der Waals surface area contributed by atoms with Crippen LogP contribution < -0.4 is 24.2 Å². The van der Waals surface area contributed by atoms with Crippen molar-refractivity contribution in [2.45, 2.75) is 58.6 Å². The summed E-state index contributed by atoms with van der Waals surface area (Å²) in [6, 6.07) is 25.0. The summed E-state index contributed by atoms with van der Waals surface area (Å²) in [4.78, 5) is 8.47. The van der Waals surface area contributed by atoms with Crippen molar-refractivity contribution in [3.8, 4) is 11.5 Å². The molecule has 12 nitrogen and oxygen atoms in total. The smallest absolute Gasteiger partial charge is 0.221 e. The molecule has 4 heterocycles.